The summed E-state index contributed by atoms with van der Waals surface area (Å²) in [5.74, 6) is 1.33. The van der Waals surface area contributed by atoms with Crippen molar-refractivity contribution in [2.24, 2.45) is 0 Å². The zero-order chi connectivity index (χ0) is 16.9. The molecular formula is C19H16N4OS. The van der Waals surface area contributed by atoms with Crippen LogP contribution in [-0.2, 0) is 12.4 Å². The van der Waals surface area contributed by atoms with Gasteiger partial charge in [0.05, 0.1) is 6.33 Å². The molecule has 0 saturated carbocycles. The summed E-state index contributed by atoms with van der Waals surface area (Å²) in [5, 5.41) is 0.659. The molecule has 0 bridgehead atoms. The van der Waals surface area contributed by atoms with E-state index in [1.54, 1.807) is 18.1 Å². The Morgan fingerprint density at radius 3 is 2.36 bits per heavy atom. The number of nitrogens with zero attached hydrogens (tertiary/aromatic N) is 3. The van der Waals surface area contributed by atoms with Crippen molar-refractivity contribution in [3.63, 3.8) is 0 Å². The quantitative estimate of drug-likeness (QED) is 0.417. The summed E-state index contributed by atoms with van der Waals surface area (Å²) in [6.45, 7) is 0.453. The number of H-pyrrole nitrogens is 1. The number of hydrogen-bond donors (Lipinski definition) is 1. The van der Waals surface area contributed by atoms with Gasteiger partial charge in [-0.3, -0.25) is 0 Å². The number of imidazole rings is 1. The predicted molar refractivity (Wildman–Crippen MR) is 98.5 cm³/mol. The Balaban J connectivity index is 1.54. The number of fused-ring (bicyclic) bond motifs is 1. The molecular weight excluding hydrogens is 332 g/mol. The second kappa shape index (κ2) is 7.36. The maximum absolute atomic E-state index is 5.92. The zero-order valence-corrected chi connectivity index (χ0v) is 14.2. The maximum atomic E-state index is 5.92. The molecule has 0 radical (unpaired) electrons. The van der Waals surface area contributed by atoms with Gasteiger partial charge in [0.25, 0.3) is 0 Å². The number of ether oxygens (including phenoxy) is 1. The van der Waals surface area contributed by atoms with E-state index in [1.165, 1.54) is 5.56 Å². The molecule has 5 nitrogen and oxygen atoms in total. The van der Waals surface area contributed by atoms with Crippen molar-refractivity contribution < 1.29 is 4.74 Å². The highest BCUT2D eigenvalue weighted by Gasteiger charge is 2.12. The van der Waals surface area contributed by atoms with Gasteiger partial charge in [0, 0.05) is 5.75 Å². The minimum Gasteiger partial charge on any atom is -0.471 e. The number of hydrogen-bond acceptors (Lipinski definition) is 5. The fourth-order valence-electron chi connectivity index (χ4n) is 2.40. The molecule has 124 valence electrons. The normalized spacial score (nSPS) is 10.9. The molecule has 1 N–H and O–H groups in total. The van der Waals surface area contributed by atoms with Gasteiger partial charge in [0.2, 0.25) is 5.88 Å². The van der Waals surface area contributed by atoms with Crippen LogP contribution in [0.2, 0.25) is 0 Å². The highest BCUT2D eigenvalue weighted by atomic mass is 32.2. The predicted octanol–water partition coefficient (Wildman–Crippen LogP) is 4.22. The summed E-state index contributed by atoms with van der Waals surface area (Å²) in [6, 6.07) is 20.3. The molecule has 25 heavy (non-hydrogen) atoms. The lowest BCUT2D eigenvalue weighted by molar-refractivity contribution is 0.294. The first kappa shape index (κ1) is 15.7. The van der Waals surface area contributed by atoms with Crippen molar-refractivity contribution in [2.45, 2.75) is 17.5 Å². The summed E-state index contributed by atoms with van der Waals surface area (Å²) < 4.78 is 5.92. The third-order valence-corrected chi connectivity index (χ3v) is 4.58. The van der Waals surface area contributed by atoms with Crippen molar-refractivity contribution in [1.29, 1.82) is 0 Å². The molecule has 0 aliphatic rings. The van der Waals surface area contributed by atoms with Crippen LogP contribution in [0.3, 0.4) is 0 Å². The van der Waals surface area contributed by atoms with Crippen LogP contribution in [0.5, 0.6) is 5.88 Å². The van der Waals surface area contributed by atoms with Gasteiger partial charge in [-0.05, 0) is 11.1 Å². The van der Waals surface area contributed by atoms with E-state index in [-0.39, 0.29) is 0 Å². The number of aromatic amines is 1. The highest BCUT2D eigenvalue weighted by Crippen LogP contribution is 2.26. The van der Waals surface area contributed by atoms with E-state index >= 15 is 0 Å². The minimum atomic E-state index is 0.453. The largest absolute Gasteiger partial charge is 0.471 e. The first-order valence-electron chi connectivity index (χ1n) is 7.93. The third kappa shape index (κ3) is 3.80. The first-order chi connectivity index (χ1) is 12.4. The minimum absolute atomic E-state index is 0.453. The first-order valence-corrected chi connectivity index (χ1v) is 8.91. The fraction of sp³-hybridized carbons (Fsp3) is 0.105. The number of aromatic nitrogens is 4. The number of nitrogens with one attached hydrogen (secondary N) is 1. The van der Waals surface area contributed by atoms with E-state index in [1.807, 2.05) is 48.5 Å². The molecule has 0 unspecified atom stereocenters. The lowest BCUT2D eigenvalue weighted by Gasteiger charge is -2.08. The summed E-state index contributed by atoms with van der Waals surface area (Å²) in [7, 11) is 0. The van der Waals surface area contributed by atoms with Crippen molar-refractivity contribution in [3.8, 4) is 5.88 Å². The van der Waals surface area contributed by atoms with Gasteiger partial charge in [-0.15, -0.1) is 0 Å². The summed E-state index contributed by atoms with van der Waals surface area (Å²) in [6.07, 6.45) is 1.61. The Morgan fingerprint density at radius 1 is 0.880 bits per heavy atom. The van der Waals surface area contributed by atoms with Crippen LogP contribution in [0, 0.1) is 0 Å². The van der Waals surface area contributed by atoms with Crippen LogP contribution in [0.15, 0.2) is 72.1 Å². The van der Waals surface area contributed by atoms with Crippen LogP contribution in [-0.4, -0.2) is 19.9 Å². The number of rotatable bonds is 6. The molecule has 0 atom stereocenters. The van der Waals surface area contributed by atoms with Gasteiger partial charge in [0.1, 0.15) is 12.1 Å². The van der Waals surface area contributed by atoms with E-state index in [9.17, 15) is 0 Å². The molecule has 6 heteroatoms. The maximum Gasteiger partial charge on any atom is 0.244 e. The van der Waals surface area contributed by atoms with Crippen molar-refractivity contribution in [1.82, 2.24) is 19.9 Å². The van der Waals surface area contributed by atoms with Crippen LogP contribution >= 0.6 is 11.8 Å². The SMILES string of the molecule is c1ccc(COc2nc(SCc3ccccc3)nc3nc[nH]c23)cc1. The van der Waals surface area contributed by atoms with E-state index in [0.717, 1.165) is 16.8 Å². The summed E-state index contributed by atoms with van der Waals surface area (Å²) in [4.78, 5) is 16.4. The molecule has 0 aliphatic carbocycles. The van der Waals surface area contributed by atoms with Crippen LogP contribution in [0.25, 0.3) is 11.2 Å². The van der Waals surface area contributed by atoms with E-state index in [4.69, 9.17) is 4.74 Å². The van der Waals surface area contributed by atoms with Gasteiger partial charge < -0.3 is 9.72 Å². The second-order valence-electron chi connectivity index (χ2n) is 5.46. The zero-order valence-electron chi connectivity index (χ0n) is 13.4. The number of benzene rings is 2. The van der Waals surface area contributed by atoms with Gasteiger partial charge in [-0.1, -0.05) is 72.4 Å². The van der Waals surface area contributed by atoms with Crippen molar-refractivity contribution in [3.05, 3.63) is 78.1 Å². The monoisotopic (exact) mass is 348 g/mol. The van der Waals surface area contributed by atoms with Gasteiger partial charge >= 0.3 is 0 Å². The lowest BCUT2D eigenvalue weighted by atomic mass is 10.2. The van der Waals surface area contributed by atoms with Crippen LogP contribution in [0.1, 0.15) is 11.1 Å². The van der Waals surface area contributed by atoms with E-state index < -0.39 is 0 Å². The van der Waals surface area contributed by atoms with Crippen LogP contribution in [0.4, 0.5) is 0 Å². The molecule has 0 spiro atoms. The molecule has 4 rings (SSSR count). The second-order valence-corrected chi connectivity index (χ2v) is 6.40. The Hall–Kier alpha value is -2.86. The van der Waals surface area contributed by atoms with Crippen molar-refractivity contribution >= 4 is 22.9 Å². The third-order valence-electron chi connectivity index (χ3n) is 3.66. The van der Waals surface area contributed by atoms with E-state index in [2.05, 4.69) is 32.1 Å². The van der Waals surface area contributed by atoms with Crippen LogP contribution < -0.4 is 4.74 Å². The molecule has 0 amide bonds. The molecule has 2 heterocycles. The number of thioether (sulfide) groups is 1. The lowest BCUT2D eigenvalue weighted by Crippen LogP contribution is -2.00. The molecule has 0 fully saturated rings. The average molecular weight is 348 g/mol. The van der Waals surface area contributed by atoms with E-state index in [0.29, 0.717) is 23.3 Å². The standard InChI is InChI=1S/C19H16N4OS/c1-3-7-14(8-4-1)11-24-18-16-17(21-13-20-16)22-19(23-18)25-12-15-9-5-2-6-10-15/h1-10,13H,11-12H2,(H,20,21,22,23). The van der Waals surface area contributed by atoms with Gasteiger partial charge in [-0.25, -0.2) is 9.97 Å². The Morgan fingerprint density at radius 2 is 1.60 bits per heavy atom. The molecule has 0 aliphatic heterocycles. The highest BCUT2D eigenvalue weighted by molar-refractivity contribution is 7.98. The Labute approximate surface area is 149 Å². The molecule has 2 aromatic carbocycles. The fourth-order valence-corrected chi connectivity index (χ4v) is 3.19. The summed E-state index contributed by atoms with van der Waals surface area (Å²) >= 11 is 1.57. The molecule has 2 aromatic heterocycles. The molecule has 0 saturated heterocycles. The Kier molecular flexibility index (Phi) is 4.61. The average Bonchev–Trinajstić information content (AvgIpc) is 3.15. The topological polar surface area (TPSA) is 63.7 Å². The van der Waals surface area contributed by atoms with Gasteiger partial charge in [-0.2, -0.15) is 4.98 Å². The smallest absolute Gasteiger partial charge is 0.244 e. The van der Waals surface area contributed by atoms with Gasteiger partial charge in [0.15, 0.2) is 10.8 Å². The Bertz CT molecular complexity index is 957. The summed E-state index contributed by atoms with van der Waals surface area (Å²) in [5.41, 5.74) is 3.66. The molecule has 4 aromatic rings. The van der Waals surface area contributed by atoms with Crippen molar-refractivity contribution in [2.75, 3.05) is 0 Å².